The zero-order chi connectivity index (χ0) is 19.1. The second-order valence-electron chi connectivity index (χ2n) is 7.59. The number of nitrogens with one attached hydrogen (secondary N) is 1. The summed E-state index contributed by atoms with van der Waals surface area (Å²) in [7, 11) is 0. The monoisotopic (exact) mass is 375 g/mol. The first-order valence-electron chi connectivity index (χ1n) is 9.62. The molecule has 2 aliphatic rings. The van der Waals surface area contributed by atoms with Gasteiger partial charge in [-0.3, -0.25) is 14.0 Å². The molecule has 1 saturated carbocycles. The minimum absolute atomic E-state index is 0.116. The van der Waals surface area contributed by atoms with Crippen LogP contribution in [0.25, 0.3) is 5.78 Å². The third-order valence-corrected chi connectivity index (χ3v) is 5.95. The van der Waals surface area contributed by atoms with Crippen molar-refractivity contribution in [3.05, 3.63) is 66.2 Å². The molecular weight excluding hydrogens is 354 g/mol. The van der Waals surface area contributed by atoms with Crippen LogP contribution in [0.2, 0.25) is 0 Å². The lowest BCUT2D eigenvalue weighted by Gasteiger charge is -2.20. The van der Waals surface area contributed by atoms with E-state index in [0.29, 0.717) is 35.6 Å². The molecule has 3 aromatic rings. The van der Waals surface area contributed by atoms with E-state index in [9.17, 15) is 9.59 Å². The number of hydrogen-bond acceptors (Lipinski definition) is 4. The van der Waals surface area contributed by atoms with Crippen LogP contribution in [0.3, 0.4) is 0 Å². The highest BCUT2D eigenvalue weighted by Gasteiger charge is 2.55. The maximum absolute atomic E-state index is 12.5. The molecule has 1 aliphatic carbocycles. The Morgan fingerprint density at radius 1 is 1.07 bits per heavy atom. The smallest absolute Gasteiger partial charge is 0.254 e. The fraction of sp³-hybridized carbons (Fsp3) is 0.333. The van der Waals surface area contributed by atoms with Crippen molar-refractivity contribution in [1.82, 2.24) is 24.6 Å². The van der Waals surface area contributed by atoms with Gasteiger partial charge in [-0.15, -0.1) is 0 Å². The molecule has 1 N–H and O–H groups in total. The van der Waals surface area contributed by atoms with Gasteiger partial charge in [-0.2, -0.15) is 0 Å². The first kappa shape index (κ1) is 16.9. The fourth-order valence-electron chi connectivity index (χ4n) is 4.39. The standard InChI is InChI=1S/C21H21N5O2/c27-19(15-10-24-21-23-8-9-25(21)11-15)22-7-6-16-17-12-26(13-18(16)17)20(28)14-4-2-1-3-5-14/h1-5,8-11,16-18H,6-7,12-13H2,(H,22,27). The normalized spacial score (nSPS) is 22.9. The molecule has 3 heterocycles. The van der Waals surface area contributed by atoms with Crippen molar-refractivity contribution in [3.8, 4) is 0 Å². The summed E-state index contributed by atoms with van der Waals surface area (Å²) in [5.74, 6) is 2.35. The Morgan fingerprint density at radius 3 is 2.64 bits per heavy atom. The molecule has 1 aliphatic heterocycles. The molecule has 1 aromatic carbocycles. The van der Waals surface area contributed by atoms with Crippen LogP contribution < -0.4 is 5.32 Å². The minimum Gasteiger partial charge on any atom is -0.352 e. The van der Waals surface area contributed by atoms with E-state index in [2.05, 4.69) is 15.3 Å². The number of amides is 2. The predicted molar refractivity (Wildman–Crippen MR) is 103 cm³/mol. The van der Waals surface area contributed by atoms with E-state index < -0.39 is 0 Å². The number of hydrogen-bond donors (Lipinski definition) is 1. The largest absolute Gasteiger partial charge is 0.352 e. The molecule has 0 radical (unpaired) electrons. The van der Waals surface area contributed by atoms with Gasteiger partial charge in [-0.05, 0) is 36.3 Å². The van der Waals surface area contributed by atoms with Gasteiger partial charge in [0.2, 0.25) is 5.78 Å². The lowest BCUT2D eigenvalue weighted by Crippen LogP contribution is -2.32. The van der Waals surface area contributed by atoms with Crippen molar-refractivity contribution in [2.24, 2.45) is 17.8 Å². The average Bonchev–Trinajstić information content (AvgIpc) is 3.10. The maximum atomic E-state index is 12.5. The lowest BCUT2D eigenvalue weighted by atomic mass is 10.1. The molecule has 2 amide bonds. The summed E-state index contributed by atoms with van der Waals surface area (Å²) in [6.07, 6.45) is 7.67. The number of likely N-dealkylation sites (tertiary alicyclic amines) is 1. The van der Waals surface area contributed by atoms with Crippen LogP contribution in [-0.2, 0) is 0 Å². The summed E-state index contributed by atoms with van der Waals surface area (Å²) in [5.41, 5.74) is 1.29. The Morgan fingerprint density at radius 2 is 1.86 bits per heavy atom. The highest BCUT2D eigenvalue weighted by Crippen LogP contribution is 2.53. The van der Waals surface area contributed by atoms with Crippen LogP contribution in [0.15, 0.2) is 55.1 Å². The number of nitrogens with zero attached hydrogens (tertiary/aromatic N) is 4. The van der Waals surface area contributed by atoms with Crippen LogP contribution in [0, 0.1) is 17.8 Å². The zero-order valence-corrected chi connectivity index (χ0v) is 15.4. The number of piperidine rings is 1. The first-order chi connectivity index (χ1) is 13.7. The van der Waals surface area contributed by atoms with Crippen LogP contribution in [0.4, 0.5) is 0 Å². The number of carbonyl (C=O) groups excluding carboxylic acids is 2. The van der Waals surface area contributed by atoms with Crippen LogP contribution in [0.1, 0.15) is 27.1 Å². The van der Waals surface area contributed by atoms with Gasteiger partial charge in [-0.1, -0.05) is 18.2 Å². The highest BCUT2D eigenvalue weighted by atomic mass is 16.2. The minimum atomic E-state index is -0.116. The Kier molecular flexibility index (Phi) is 4.07. The second kappa shape index (κ2) is 6.74. The van der Waals surface area contributed by atoms with Crippen molar-refractivity contribution in [1.29, 1.82) is 0 Å². The van der Waals surface area contributed by atoms with E-state index in [-0.39, 0.29) is 11.8 Å². The molecule has 2 atom stereocenters. The number of rotatable bonds is 5. The summed E-state index contributed by atoms with van der Waals surface area (Å²) in [6.45, 7) is 2.31. The number of imidazole rings is 1. The van der Waals surface area contributed by atoms with Gasteiger partial charge >= 0.3 is 0 Å². The van der Waals surface area contributed by atoms with Crippen molar-refractivity contribution < 1.29 is 9.59 Å². The van der Waals surface area contributed by atoms with Gasteiger partial charge in [-0.25, -0.2) is 9.97 Å². The topological polar surface area (TPSA) is 79.6 Å². The van der Waals surface area contributed by atoms with Crippen molar-refractivity contribution in [2.45, 2.75) is 6.42 Å². The van der Waals surface area contributed by atoms with Gasteiger partial charge in [0.05, 0.1) is 5.56 Å². The Bertz CT molecular complexity index is 1020. The van der Waals surface area contributed by atoms with E-state index in [4.69, 9.17) is 0 Å². The quantitative estimate of drug-likeness (QED) is 0.738. The molecule has 142 valence electrons. The predicted octanol–water partition coefficient (Wildman–Crippen LogP) is 1.87. The third-order valence-electron chi connectivity index (χ3n) is 5.95. The number of benzene rings is 1. The van der Waals surface area contributed by atoms with Crippen LogP contribution in [0.5, 0.6) is 0 Å². The third kappa shape index (κ3) is 3.02. The molecule has 2 aromatic heterocycles. The molecule has 1 saturated heterocycles. The van der Waals surface area contributed by atoms with Crippen LogP contribution >= 0.6 is 0 Å². The lowest BCUT2D eigenvalue weighted by molar-refractivity contribution is 0.0767. The molecule has 7 nitrogen and oxygen atoms in total. The van der Waals surface area contributed by atoms with Crippen molar-refractivity contribution >= 4 is 17.6 Å². The fourth-order valence-corrected chi connectivity index (χ4v) is 4.39. The van der Waals surface area contributed by atoms with Gasteiger partial charge in [0.1, 0.15) is 0 Å². The van der Waals surface area contributed by atoms with E-state index >= 15 is 0 Å². The number of carbonyl (C=O) groups is 2. The second-order valence-corrected chi connectivity index (χ2v) is 7.59. The maximum Gasteiger partial charge on any atom is 0.254 e. The molecular formula is C21H21N5O2. The Hall–Kier alpha value is -3.22. The molecule has 0 spiro atoms. The SMILES string of the molecule is O=C(NCCC1C2CN(C(=O)c3ccccc3)CC12)c1cnc2nccn2c1. The first-order valence-corrected chi connectivity index (χ1v) is 9.62. The molecule has 2 unspecified atom stereocenters. The number of fused-ring (bicyclic) bond motifs is 2. The summed E-state index contributed by atoms with van der Waals surface area (Å²) in [5, 5.41) is 2.98. The summed E-state index contributed by atoms with van der Waals surface area (Å²) in [4.78, 5) is 35.0. The van der Waals surface area contributed by atoms with E-state index in [1.807, 2.05) is 35.2 Å². The van der Waals surface area contributed by atoms with E-state index in [1.54, 1.807) is 29.2 Å². The van der Waals surface area contributed by atoms with E-state index in [1.165, 1.54) is 0 Å². The number of aromatic nitrogens is 3. The molecule has 7 heteroatoms. The zero-order valence-electron chi connectivity index (χ0n) is 15.4. The summed E-state index contributed by atoms with van der Waals surface area (Å²) < 4.78 is 1.73. The van der Waals surface area contributed by atoms with Crippen molar-refractivity contribution in [2.75, 3.05) is 19.6 Å². The summed E-state index contributed by atoms with van der Waals surface area (Å²) in [6, 6.07) is 9.46. The van der Waals surface area contributed by atoms with E-state index in [0.717, 1.165) is 25.1 Å². The highest BCUT2D eigenvalue weighted by molar-refractivity contribution is 5.94. The van der Waals surface area contributed by atoms with Gasteiger partial charge < -0.3 is 10.2 Å². The summed E-state index contributed by atoms with van der Waals surface area (Å²) >= 11 is 0. The molecule has 2 fully saturated rings. The van der Waals surface area contributed by atoms with Gasteiger partial charge in [0, 0.05) is 50.0 Å². The van der Waals surface area contributed by atoms with Crippen LogP contribution in [-0.4, -0.2) is 50.7 Å². The molecule has 5 rings (SSSR count). The average molecular weight is 375 g/mol. The van der Waals surface area contributed by atoms with Gasteiger partial charge in [0.25, 0.3) is 11.8 Å². The molecule has 0 bridgehead atoms. The Labute approximate surface area is 162 Å². The molecule has 28 heavy (non-hydrogen) atoms. The Balaban J connectivity index is 1.09. The van der Waals surface area contributed by atoms with Crippen molar-refractivity contribution in [3.63, 3.8) is 0 Å². The van der Waals surface area contributed by atoms with Gasteiger partial charge in [0.15, 0.2) is 0 Å².